The van der Waals surface area contributed by atoms with Crippen molar-refractivity contribution < 1.29 is 52.5 Å². The van der Waals surface area contributed by atoms with E-state index in [0.29, 0.717) is 56.8 Å². The van der Waals surface area contributed by atoms with Gasteiger partial charge >= 0.3 is 17.4 Å². The topological polar surface area (TPSA) is 118 Å². The number of alkyl halides is 5. The predicted molar refractivity (Wildman–Crippen MR) is 115 cm³/mol. The predicted octanol–water partition coefficient (Wildman–Crippen LogP) is 4.81. The average molecular weight is 567 g/mol. The maximum Gasteiger partial charge on any atom is 0.432 e. The fourth-order valence-corrected chi connectivity index (χ4v) is 9.15. The van der Waals surface area contributed by atoms with Crippen LogP contribution in [0.25, 0.3) is 4.13 Å². The van der Waals surface area contributed by atoms with Gasteiger partial charge in [-0.05, 0) is 75.5 Å². The summed E-state index contributed by atoms with van der Waals surface area (Å²) in [6, 6.07) is 0. The third-order valence-electron chi connectivity index (χ3n) is 8.18. The summed E-state index contributed by atoms with van der Waals surface area (Å²) in [5.41, 5.74) is -1.51. The highest BCUT2D eigenvalue weighted by Gasteiger charge is 2.64. The molecule has 5 aliphatic carbocycles. The molecule has 15 heteroatoms. The van der Waals surface area contributed by atoms with E-state index in [-0.39, 0.29) is 24.7 Å². The third-order valence-corrected chi connectivity index (χ3v) is 11.1. The zero-order chi connectivity index (χ0) is 26.7. The minimum Gasteiger partial charge on any atom is -0.444 e. The Balaban J connectivity index is 1.51. The highest BCUT2D eigenvalue weighted by molar-refractivity contribution is 8.10. The van der Waals surface area contributed by atoms with Crippen molar-refractivity contribution in [1.29, 1.82) is 0 Å². The summed E-state index contributed by atoms with van der Waals surface area (Å²) < 4.78 is 131. The summed E-state index contributed by atoms with van der Waals surface area (Å²) >= 11 is 0. The SMILES string of the molecule is CC1(C(=O)OC(C(F)(F)F)C(F)(F)S(=O)(=O)[N-]S(=O)(=O)OC2C3CC4CC(C3)CC2C4)CCCCC1. The standard InChI is InChI=1S/C21H29F5NO7S2/c1-19(5-3-2-4-6-19)18(28)33-17(20(22,23)24)21(25,26)35(29,30)27-36(31,32)34-16-14-8-12-7-13(10-14)11-15(16)9-12/h12-17H,2-11H2,1H3/q-1. The van der Waals surface area contributed by atoms with Crippen LogP contribution in [-0.4, -0.2) is 46.4 Å². The summed E-state index contributed by atoms with van der Waals surface area (Å²) in [6.45, 7) is 1.25. The Kier molecular flexibility index (Phi) is 7.22. The first-order valence-electron chi connectivity index (χ1n) is 12.0. The zero-order valence-electron chi connectivity index (χ0n) is 19.5. The van der Waals surface area contributed by atoms with Crippen molar-refractivity contribution in [3.05, 3.63) is 4.13 Å². The van der Waals surface area contributed by atoms with Gasteiger partial charge in [0.1, 0.15) is 0 Å². The lowest BCUT2D eigenvalue weighted by molar-refractivity contribution is -0.262. The molecule has 0 heterocycles. The van der Waals surface area contributed by atoms with E-state index in [1.165, 1.54) is 6.92 Å². The van der Waals surface area contributed by atoms with Crippen LogP contribution in [0, 0.1) is 29.1 Å². The minimum absolute atomic E-state index is 0.0762. The number of halogens is 5. The van der Waals surface area contributed by atoms with Gasteiger partial charge in [0.05, 0.1) is 11.5 Å². The van der Waals surface area contributed by atoms with Gasteiger partial charge in [-0.15, -0.1) is 0 Å². The molecule has 1 atom stereocenters. The van der Waals surface area contributed by atoms with Gasteiger partial charge in [0, 0.05) is 0 Å². The van der Waals surface area contributed by atoms with E-state index in [1.54, 1.807) is 0 Å². The molecule has 0 saturated heterocycles. The summed E-state index contributed by atoms with van der Waals surface area (Å²) in [4.78, 5) is 12.4. The van der Waals surface area contributed by atoms with E-state index in [2.05, 4.69) is 8.86 Å². The van der Waals surface area contributed by atoms with Crippen LogP contribution in [0.1, 0.15) is 71.1 Å². The van der Waals surface area contributed by atoms with Crippen LogP contribution in [0.15, 0.2) is 0 Å². The molecule has 4 bridgehead atoms. The van der Waals surface area contributed by atoms with Crippen LogP contribution in [0.4, 0.5) is 22.0 Å². The molecule has 0 radical (unpaired) electrons. The van der Waals surface area contributed by atoms with E-state index in [9.17, 15) is 43.6 Å². The van der Waals surface area contributed by atoms with E-state index < -0.39 is 55.4 Å². The Hall–Kier alpha value is -1.06. The number of carbonyl (C=O) groups excluding carboxylic acids is 1. The number of ether oxygens (including phenoxy) is 1. The number of esters is 1. The second-order valence-electron chi connectivity index (χ2n) is 11.0. The molecule has 8 nitrogen and oxygen atoms in total. The first kappa shape index (κ1) is 28.0. The molecule has 208 valence electrons. The molecule has 1 unspecified atom stereocenters. The van der Waals surface area contributed by atoms with Crippen molar-refractivity contribution in [2.75, 3.05) is 0 Å². The quantitative estimate of drug-likeness (QED) is 0.306. The van der Waals surface area contributed by atoms with E-state index in [4.69, 9.17) is 4.18 Å². The Morgan fingerprint density at radius 3 is 1.86 bits per heavy atom. The molecule has 0 aromatic heterocycles. The summed E-state index contributed by atoms with van der Waals surface area (Å²) in [7, 11) is -12.2. The van der Waals surface area contributed by atoms with Crippen molar-refractivity contribution >= 4 is 26.3 Å². The summed E-state index contributed by atoms with van der Waals surface area (Å²) in [5, 5.41) is -5.91. The van der Waals surface area contributed by atoms with Gasteiger partial charge in [0.15, 0.2) is 10.0 Å². The lowest BCUT2D eigenvalue weighted by Crippen LogP contribution is -2.54. The monoisotopic (exact) mass is 566 g/mol. The molecule has 5 rings (SSSR count). The Labute approximate surface area is 207 Å². The van der Waals surface area contributed by atoms with Crippen molar-refractivity contribution in [1.82, 2.24) is 0 Å². The molecule has 5 saturated carbocycles. The molecular weight excluding hydrogens is 537 g/mol. The molecule has 36 heavy (non-hydrogen) atoms. The van der Waals surface area contributed by atoms with Crippen LogP contribution < -0.4 is 0 Å². The summed E-state index contributed by atoms with van der Waals surface area (Å²) in [6.07, 6.45) is -6.13. The summed E-state index contributed by atoms with van der Waals surface area (Å²) in [5.74, 6) is -1.32. The van der Waals surface area contributed by atoms with E-state index >= 15 is 0 Å². The molecule has 0 aromatic carbocycles. The van der Waals surface area contributed by atoms with Gasteiger partial charge < -0.3 is 8.86 Å². The Morgan fingerprint density at radius 1 is 0.889 bits per heavy atom. The number of nitrogens with zero attached hydrogens (tertiary/aromatic N) is 1. The third kappa shape index (κ3) is 5.39. The smallest absolute Gasteiger partial charge is 0.432 e. The largest absolute Gasteiger partial charge is 0.444 e. The number of hydrogen-bond donors (Lipinski definition) is 0. The lowest BCUT2D eigenvalue weighted by atomic mass is 9.55. The van der Waals surface area contributed by atoms with Gasteiger partial charge in [-0.1, -0.05) is 19.3 Å². The minimum atomic E-state index is -6.69. The highest BCUT2D eigenvalue weighted by Crippen LogP contribution is 2.55. The van der Waals surface area contributed by atoms with Crippen molar-refractivity contribution in [3.63, 3.8) is 0 Å². The molecule has 0 aliphatic heterocycles. The second kappa shape index (κ2) is 9.30. The van der Waals surface area contributed by atoms with Gasteiger partial charge in [0.2, 0.25) is 10.3 Å². The molecular formula is C21H29F5NO7S2-. The number of sulfonamides is 1. The van der Waals surface area contributed by atoms with Gasteiger partial charge in [-0.2, -0.15) is 22.0 Å². The van der Waals surface area contributed by atoms with Gasteiger partial charge in [0.25, 0.3) is 6.10 Å². The van der Waals surface area contributed by atoms with E-state index in [1.807, 2.05) is 0 Å². The molecule has 0 aromatic rings. The first-order chi connectivity index (χ1) is 16.4. The van der Waals surface area contributed by atoms with Crippen molar-refractivity contribution in [3.8, 4) is 0 Å². The van der Waals surface area contributed by atoms with E-state index in [0.717, 1.165) is 6.42 Å². The molecule has 0 N–H and O–H groups in total. The molecule has 0 spiro atoms. The second-order valence-corrected chi connectivity index (χ2v) is 14.1. The Morgan fingerprint density at radius 2 is 1.39 bits per heavy atom. The molecule has 0 amide bonds. The number of rotatable bonds is 8. The maximum atomic E-state index is 14.8. The van der Waals surface area contributed by atoms with Crippen LogP contribution in [-0.2, 0) is 34.0 Å². The number of hydrogen-bond acceptors (Lipinski definition) is 7. The van der Waals surface area contributed by atoms with Crippen LogP contribution in [0.2, 0.25) is 0 Å². The lowest BCUT2D eigenvalue weighted by Gasteiger charge is -2.53. The highest BCUT2D eigenvalue weighted by atomic mass is 32.3. The average Bonchev–Trinajstić information content (AvgIpc) is 2.72. The van der Waals surface area contributed by atoms with Crippen LogP contribution >= 0.6 is 0 Å². The van der Waals surface area contributed by atoms with Crippen molar-refractivity contribution in [2.45, 2.75) is 94.8 Å². The van der Waals surface area contributed by atoms with Crippen LogP contribution in [0.5, 0.6) is 0 Å². The van der Waals surface area contributed by atoms with Gasteiger partial charge in [-0.3, -0.25) is 8.98 Å². The van der Waals surface area contributed by atoms with Gasteiger partial charge in [-0.25, -0.2) is 16.8 Å². The van der Waals surface area contributed by atoms with Crippen molar-refractivity contribution in [2.24, 2.45) is 29.1 Å². The maximum absolute atomic E-state index is 14.8. The first-order valence-corrected chi connectivity index (χ1v) is 14.8. The normalized spacial score (nSPS) is 33.3. The fraction of sp³-hybridized carbons (Fsp3) is 0.952. The molecule has 5 fully saturated rings. The molecule has 5 aliphatic rings. The Bertz CT molecular complexity index is 1040. The van der Waals surface area contributed by atoms with Crippen LogP contribution in [0.3, 0.4) is 0 Å². The fourth-order valence-electron chi connectivity index (χ4n) is 6.61. The zero-order valence-corrected chi connectivity index (χ0v) is 21.2. The number of carbonyl (C=O) groups is 1.